The molecule has 0 spiro atoms. The molecule has 0 aliphatic heterocycles. The second-order valence-corrected chi connectivity index (χ2v) is 10.1. The Morgan fingerprint density at radius 3 is 1.52 bits per heavy atom. The Bertz CT molecular complexity index is 1180. The summed E-state index contributed by atoms with van der Waals surface area (Å²) < 4.78 is 249. The maximum Gasteiger partial charge on any atom is 0.460 e. The normalized spacial score (nSPS) is 20.1. The van der Waals surface area contributed by atoms with Crippen molar-refractivity contribution in [1.29, 1.82) is 0 Å². The predicted molar refractivity (Wildman–Crippen MR) is 112 cm³/mol. The number of carbonyl (C=O) groups excluding carboxylic acids is 1. The number of ether oxygens (including phenoxy) is 1. The summed E-state index contributed by atoms with van der Waals surface area (Å²) in [6.07, 6.45) is -11.5. The molecule has 0 N–H and O–H groups in total. The first kappa shape index (κ1) is 37.6. The zero-order chi connectivity index (χ0) is 34.5. The van der Waals surface area contributed by atoms with Gasteiger partial charge in [0.05, 0.1) is 5.92 Å². The van der Waals surface area contributed by atoms with Crippen molar-refractivity contribution in [3.05, 3.63) is 29.6 Å². The van der Waals surface area contributed by atoms with Gasteiger partial charge in [0, 0.05) is 5.92 Å². The molecule has 2 rings (SSSR count). The third-order valence-electron chi connectivity index (χ3n) is 7.07. The van der Waals surface area contributed by atoms with Crippen LogP contribution in [0, 0.1) is 17.7 Å². The van der Waals surface area contributed by atoms with Crippen LogP contribution < -0.4 is 4.74 Å². The largest absolute Gasteiger partial charge is 0.460 e. The molecule has 20 heteroatoms. The van der Waals surface area contributed by atoms with E-state index in [9.17, 15) is 83.8 Å². The lowest BCUT2D eigenvalue weighted by Gasteiger charge is -2.44. The zero-order valence-corrected chi connectivity index (χ0v) is 21.7. The summed E-state index contributed by atoms with van der Waals surface area (Å²) in [6.45, 7) is 1.77. The van der Waals surface area contributed by atoms with E-state index in [2.05, 4.69) is 0 Å². The van der Waals surface area contributed by atoms with E-state index in [1.807, 2.05) is 0 Å². The fraction of sp³-hybridized carbons (Fsp3) is 0.708. The van der Waals surface area contributed by atoms with Crippen LogP contribution in [0.3, 0.4) is 0 Å². The van der Waals surface area contributed by atoms with E-state index in [4.69, 9.17) is 4.74 Å². The molecule has 0 saturated heterocycles. The Hall–Kier alpha value is -2.57. The molecule has 44 heavy (non-hydrogen) atoms. The van der Waals surface area contributed by atoms with Crippen molar-refractivity contribution >= 4 is 5.97 Å². The average molecular weight is 682 g/mol. The van der Waals surface area contributed by atoms with Crippen LogP contribution in [0.2, 0.25) is 0 Å². The van der Waals surface area contributed by atoms with Gasteiger partial charge in [0.2, 0.25) is 0 Å². The van der Waals surface area contributed by atoms with Crippen molar-refractivity contribution in [2.45, 2.75) is 93.1 Å². The maximum atomic E-state index is 14.6. The number of benzene rings is 1. The molecule has 0 bridgehead atoms. The number of aryl methyl sites for hydroxylation is 1. The fourth-order valence-electron chi connectivity index (χ4n) is 4.39. The molecular formula is C24H20F18O2. The number of rotatable bonds is 11. The minimum absolute atomic E-state index is 0.430. The quantitative estimate of drug-likeness (QED) is 0.132. The van der Waals surface area contributed by atoms with Gasteiger partial charge in [0.25, 0.3) is 0 Å². The van der Waals surface area contributed by atoms with Gasteiger partial charge in [-0.05, 0) is 49.8 Å². The first-order valence-corrected chi connectivity index (χ1v) is 12.3. The van der Waals surface area contributed by atoms with Gasteiger partial charge in [0.15, 0.2) is 11.6 Å². The SMILES string of the molecule is CCCc1ccc(OC(=O)[C@H]2CC[C@H](C(F)(F)C(F)(F)C(F)(F)C(F)(F)C(F)(F)C(F)(F)C(F)(F)C(F)(F)F)CC2)c(F)c1. The van der Waals surface area contributed by atoms with Gasteiger partial charge in [-0.1, -0.05) is 19.4 Å². The highest BCUT2D eigenvalue weighted by Crippen LogP contribution is 2.65. The summed E-state index contributed by atoms with van der Waals surface area (Å²) in [7, 11) is 0. The monoisotopic (exact) mass is 682 g/mol. The predicted octanol–water partition coefficient (Wildman–Crippen LogP) is 9.50. The molecular weight excluding hydrogens is 662 g/mol. The van der Waals surface area contributed by atoms with Crippen LogP contribution >= 0.6 is 0 Å². The zero-order valence-electron chi connectivity index (χ0n) is 21.7. The maximum absolute atomic E-state index is 14.6. The van der Waals surface area contributed by atoms with Crippen molar-refractivity contribution in [3.8, 4) is 5.75 Å². The highest BCUT2D eigenvalue weighted by molar-refractivity contribution is 5.75. The summed E-state index contributed by atoms with van der Waals surface area (Å²) in [5.41, 5.74) is 0.492. The van der Waals surface area contributed by atoms with Gasteiger partial charge in [-0.15, -0.1) is 0 Å². The van der Waals surface area contributed by atoms with Crippen LogP contribution in [-0.2, 0) is 11.2 Å². The van der Waals surface area contributed by atoms with E-state index in [-0.39, 0.29) is 0 Å². The van der Waals surface area contributed by atoms with Crippen LogP contribution in [0.1, 0.15) is 44.6 Å². The molecule has 1 aromatic rings. The van der Waals surface area contributed by atoms with Crippen molar-refractivity contribution in [2.24, 2.45) is 11.8 Å². The second kappa shape index (κ2) is 11.7. The highest BCUT2D eigenvalue weighted by Gasteiger charge is 2.95. The Morgan fingerprint density at radius 1 is 0.682 bits per heavy atom. The molecule has 0 atom stereocenters. The Kier molecular flexibility index (Phi) is 9.97. The van der Waals surface area contributed by atoms with E-state index < -0.39 is 103 Å². The molecule has 0 amide bonds. The number of esters is 1. The molecule has 0 heterocycles. The Labute approximate surface area is 235 Å². The van der Waals surface area contributed by atoms with Crippen molar-refractivity contribution in [2.75, 3.05) is 0 Å². The molecule has 254 valence electrons. The number of carbonyl (C=O) groups is 1. The standard InChI is InChI=1S/C24H20F18O2/c1-2-3-11-4-9-15(14(25)10-11)44-16(43)12-5-7-13(8-6-12)17(26,27)18(28,29)19(30,31)20(32,33)21(34,35)22(36,37)23(38,39)24(40,41)42/h4,9-10,12-13H,2-3,5-8H2,1H3/t12-,13-. The minimum atomic E-state index is -8.69. The Balaban J connectivity index is 2.29. The highest BCUT2D eigenvalue weighted by atomic mass is 19.4. The van der Waals surface area contributed by atoms with Crippen LogP contribution in [0.25, 0.3) is 0 Å². The van der Waals surface area contributed by atoms with Crippen molar-refractivity contribution in [3.63, 3.8) is 0 Å². The van der Waals surface area contributed by atoms with Crippen molar-refractivity contribution in [1.82, 2.24) is 0 Å². The van der Waals surface area contributed by atoms with Gasteiger partial charge in [-0.25, -0.2) is 4.39 Å². The first-order valence-electron chi connectivity index (χ1n) is 12.3. The summed E-state index contributed by atoms with van der Waals surface area (Å²) in [5.74, 6) is -64.4. The molecule has 1 aliphatic rings. The summed E-state index contributed by atoms with van der Waals surface area (Å²) in [4.78, 5) is 12.3. The smallest absolute Gasteiger partial charge is 0.423 e. The van der Waals surface area contributed by atoms with E-state index >= 15 is 0 Å². The number of hydrogen-bond donors (Lipinski definition) is 0. The number of halogens is 18. The minimum Gasteiger partial charge on any atom is -0.423 e. The summed E-state index contributed by atoms with van der Waals surface area (Å²) in [5, 5.41) is 0. The second-order valence-electron chi connectivity index (χ2n) is 10.1. The third kappa shape index (κ3) is 5.77. The van der Waals surface area contributed by atoms with Crippen LogP contribution in [-0.4, -0.2) is 53.6 Å². The molecule has 1 aromatic carbocycles. The lowest BCUT2D eigenvalue weighted by atomic mass is 9.75. The van der Waals surface area contributed by atoms with Crippen molar-refractivity contribution < 1.29 is 88.6 Å². The fourth-order valence-corrected chi connectivity index (χ4v) is 4.39. The Morgan fingerprint density at radius 2 is 1.11 bits per heavy atom. The number of hydrogen-bond acceptors (Lipinski definition) is 2. The first-order chi connectivity index (χ1) is 19.6. The van der Waals surface area contributed by atoms with Gasteiger partial charge in [-0.2, -0.15) is 74.6 Å². The third-order valence-corrected chi connectivity index (χ3v) is 7.07. The van der Waals surface area contributed by atoms with Gasteiger partial charge < -0.3 is 4.74 Å². The lowest BCUT2D eigenvalue weighted by Crippen LogP contribution is -2.75. The van der Waals surface area contributed by atoms with E-state index in [0.717, 1.165) is 12.1 Å². The lowest BCUT2D eigenvalue weighted by molar-refractivity contribution is -0.463. The molecule has 1 fully saturated rings. The van der Waals surface area contributed by atoms with E-state index in [0.29, 0.717) is 18.4 Å². The number of alkyl halides is 17. The average Bonchev–Trinajstić information content (AvgIpc) is 2.89. The molecule has 2 nitrogen and oxygen atoms in total. The van der Waals surface area contributed by atoms with Gasteiger partial charge in [-0.3, -0.25) is 4.79 Å². The topological polar surface area (TPSA) is 26.3 Å². The molecule has 1 saturated carbocycles. The van der Waals surface area contributed by atoms with E-state index in [1.165, 1.54) is 6.07 Å². The molecule has 0 radical (unpaired) electrons. The van der Waals surface area contributed by atoms with E-state index in [1.54, 1.807) is 6.92 Å². The van der Waals surface area contributed by atoms with Crippen LogP contribution in [0.4, 0.5) is 79.0 Å². The molecule has 1 aliphatic carbocycles. The summed E-state index contributed by atoms with van der Waals surface area (Å²) >= 11 is 0. The van der Waals surface area contributed by atoms with Crippen LogP contribution in [0.5, 0.6) is 5.75 Å². The summed E-state index contributed by atoms with van der Waals surface area (Å²) in [6, 6.07) is 3.37. The molecule has 0 unspecified atom stereocenters. The van der Waals surface area contributed by atoms with Gasteiger partial charge >= 0.3 is 53.6 Å². The molecule has 0 aromatic heterocycles. The van der Waals surface area contributed by atoms with Gasteiger partial charge in [0.1, 0.15) is 0 Å². The van der Waals surface area contributed by atoms with Crippen LogP contribution in [0.15, 0.2) is 18.2 Å².